The molecule has 102 valence electrons. The standard InChI is InChI=1S/C14H19N3OS/c1-10-8-19-9-12(10)14-16-13(18-17-14)3-2-11-4-6-15-7-5-11/h8-9,11,15H,2-7H2,1H3. The van der Waals surface area contributed by atoms with Crippen LogP contribution in [0.1, 0.15) is 30.7 Å². The highest BCUT2D eigenvalue weighted by Crippen LogP contribution is 2.25. The summed E-state index contributed by atoms with van der Waals surface area (Å²) in [6, 6.07) is 0. The van der Waals surface area contributed by atoms with Crippen molar-refractivity contribution in [2.75, 3.05) is 13.1 Å². The third kappa shape index (κ3) is 3.04. The van der Waals surface area contributed by atoms with E-state index in [1.54, 1.807) is 11.3 Å². The second kappa shape index (κ2) is 5.84. The molecule has 4 nitrogen and oxygen atoms in total. The van der Waals surface area contributed by atoms with E-state index < -0.39 is 0 Å². The Labute approximate surface area is 117 Å². The summed E-state index contributed by atoms with van der Waals surface area (Å²) in [5, 5.41) is 11.7. The number of thiophene rings is 1. The summed E-state index contributed by atoms with van der Waals surface area (Å²) in [5.74, 6) is 2.32. The SMILES string of the molecule is Cc1cscc1-c1noc(CCC2CCNCC2)n1. The van der Waals surface area contributed by atoms with Crippen LogP contribution in [-0.2, 0) is 6.42 Å². The number of aryl methyl sites for hydroxylation is 2. The minimum absolute atomic E-state index is 0.735. The Balaban J connectivity index is 1.60. The van der Waals surface area contributed by atoms with E-state index in [2.05, 4.69) is 33.1 Å². The molecule has 1 N–H and O–H groups in total. The first-order chi connectivity index (χ1) is 9.33. The summed E-state index contributed by atoms with van der Waals surface area (Å²) in [5.41, 5.74) is 2.32. The summed E-state index contributed by atoms with van der Waals surface area (Å²) in [6.07, 6.45) is 4.60. The first kappa shape index (κ1) is 12.8. The average Bonchev–Trinajstić information content (AvgIpc) is 3.06. The molecule has 0 bridgehead atoms. The maximum atomic E-state index is 5.36. The largest absolute Gasteiger partial charge is 0.339 e. The summed E-state index contributed by atoms with van der Waals surface area (Å²) >= 11 is 1.68. The van der Waals surface area contributed by atoms with Crippen LogP contribution in [0, 0.1) is 12.8 Å². The Morgan fingerprint density at radius 3 is 2.95 bits per heavy atom. The van der Waals surface area contributed by atoms with Crippen molar-refractivity contribution >= 4 is 11.3 Å². The van der Waals surface area contributed by atoms with Crippen LogP contribution in [0.4, 0.5) is 0 Å². The molecule has 5 heteroatoms. The lowest BCUT2D eigenvalue weighted by atomic mass is 9.93. The molecule has 1 fully saturated rings. The van der Waals surface area contributed by atoms with Gasteiger partial charge < -0.3 is 9.84 Å². The zero-order valence-electron chi connectivity index (χ0n) is 11.2. The fourth-order valence-corrected chi connectivity index (χ4v) is 3.38. The van der Waals surface area contributed by atoms with Gasteiger partial charge in [0.1, 0.15) is 0 Å². The Kier molecular flexibility index (Phi) is 3.94. The molecule has 0 radical (unpaired) electrons. The Bertz CT molecular complexity index is 528. The number of piperidine rings is 1. The molecular formula is C14H19N3OS. The van der Waals surface area contributed by atoms with E-state index in [4.69, 9.17) is 4.52 Å². The molecular weight excluding hydrogens is 258 g/mol. The van der Waals surface area contributed by atoms with Crippen LogP contribution in [-0.4, -0.2) is 23.2 Å². The first-order valence-electron chi connectivity index (χ1n) is 6.89. The van der Waals surface area contributed by atoms with Gasteiger partial charge in [0.05, 0.1) is 0 Å². The minimum atomic E-state index is 0.735. The van der Waals surface area contributed by atoms with E-state index in [0.29, 0.717) is 0 Å². The average molecular weight is 277 g/mol. The molecule has 3 rings (SSSR count). The second-order valence-corrected chi connectivity index (χ2v) is 5.96. The molecule has 19 heavy (non-hydrogen) atoms. The number of hydrogen-bond acceptors (Lipinski definition) is 5. The molecule has 0 aromatic carbocycles. The number of aromatic nitrogens is 2. The molecule has 0 saturated carbocycles. The molecule has 1 saturated heterocycles. The zero-order chi connectivity index (χ0) is 13.1. The van der Waals surface area contributed by atoms with Crippen LogP contribution >= 0.6 is 11.3 Å². The van der Waals surface area contributed by atoms with Crippen LogP contribution in [0.5, 0.6) is 0 Å². The molecule has 1 aliphatic rings. The fourth-order valence-electron chi connectivity index (χ4n) is 2.55. The van der Waals surface area contributed by atoms with Crippen LogP contribution in [0.3, 0.4) is 0 Å². The Hall–Kier alpha value is -1.20. The lowest BCUT2D eigenvalue weighted by molar-refractivity contribution is 0.324. The third-order valence-corrected chi connectivity index (χ3v) is 4.65. The number of nitrogens with zero attached hydrogens (tertiary/aromatic N) is 2. The monoisotopic (exact) mass is 277 g/mol. The van der Waals surface area contributed by atoms with Crippen molar-refractivity contribution < 1.29 is 4.52 Å². The summed E-state index contributed by atoms with van der Waals surface area (Å²) < 4.78 is 5.36. The summed E-state index contributed by atoms with van der Waals surface area (Å²) in [7, 11) is 0. The number of hydrogen-bond donors (Lipinski definition) is 1. The topological polar surface area (TPSA) is 51.0 Å². The molecule has 2 aromatic rings. The van der Waals surface area contributed by atoms with Crippen LogP contribution in [0.25, 0.3) is 11.4 Å². The van der Waals surface area contributed by atoms with Crippen LogP contribution in [0.15, 0.2) is 15.3 Å². The lowest BCUT2D eigenvalue weighted by Crippen LogP contribution is -2.27. The molecule has 0 spiro atoms. The highest BCUT2D eigenvalue weighted by Gasteiger charge is 2.16. The van der Waals surface area contributed by atoms with E-state index in [1.165, 1.54) is 18.4 Å². The third-order valence-electron chi connectivity index (χ3n) is 3.79. The van der Waals surface area contributed by atoms with Crippen molar-refractivity contribution in [1.82, 2.24) is 15.5 Å². The van der Waals surface area contributed by atoms with Gasteiger partial charge in [-0.2, -0.15) is 16.3 Å². The van der Waals surface area contributed by atoms with Crippen molar-refractivity contribution in [2.45, 2.75) is 32.6 Å². The van der Waals surface area contributed by atoms with Crippen molar-refractivity contribution in [3.8, 4) is 11.4 Å². The molecule has 0 atom stereocenters. The van der Waals surface area contributed by atoms with Crippen molar-refractivity contribution in [3.63, 3.8) is 0 Å². The Morgan fingerprint density at radius 1 is 1.37 bits per heavy atom. The van der Waals surface area contributed by atoms with Gasteiger partial charge in [-0.1, -0.05) is 5.16 Å². The van der Waals surface area contributed by atoms with Gasteiger partial charge in [-0.3, -0.25) is 0 Å². The zero-order valence-corrected chi connectivity index (χ0v) is 12.0. The van der Waals surface area contributed by atoms with Gasteiger partial charge in [0.2, 0.25) is 11.7 Å². The molecule has 3 heterocycles. The van der Waals surface area contributed by atoms with E-state index in [0.717, 1.165) is 49.1 Å². The van der Waals surface area contributed by atoms with E-state index in [-0.39, 0.29) is 0 Å². The number of nitrogens with one attached hydrogen (secondary N) is 1. The highest BCUT2D eigenvalue weighted by molar-refractivity contribution is 7.08. The number of rotatable bonds is 4. The van der Waals surface area contributed by atoms with Gasteiger partial charge in [-0.25, -0.2) is 0 Å². The summed E-state index contributed by atoms with van der Waals surface area (Å²) in [4.78, 5) is 4.51. The van der Waals surface area contributed by atoms with E-state index in [1.807, 2.05) is 0 Å². The van der Waals surface area contributed by atoms with Gasteiger partial charge in [0.15, 0.2) is 0 Å². The van der Waals surface area contributed by atoms with Gasteiger partial charge in [0.25, 0.3) is 0 Å². The maximum Gasteiger partial charge on any atom is 0.226 e. The molecule has 0 aliphatic carbocycles. The molecule has 0 unspecified atom stereocenters. The minimum Gasteiger partial charge on any atom is -0.339 e. The first-order valence-corrected chi connectivity index (χ1v) is 7.83. The van der Waals surface area contributed by atoms with Crippen molar-refractivity contribution in [1.29, 1.82) is 0 Å². The quantitative estimate of drug-likeness (QED) is 0.933. The van der Waals surface area contributed by atoms with E-state index >= 15 is 0 Å². The highest BCUT2D eigenvalue weighted by atomic mass is 32.1. The van der Waals surface area contributed by atoms with E-state index in [9.17, 15) is 0 Å². The van der Waals surface area contributed by atoms with Crippen LogP contribution in [0.2, 0.25) is 0 Å². The smallest absolute Gasteiger partial charge is 0.226 e. The Morgan fingerprint density at radius 2 is 2.21 bits per heavy atom. The van der Waals surface area contributed by atoms with Gasteiger partial charge in [-0.05, 0) is 56.1 Å². The lowest BCUT2D eigenvalue weighted by Gasteiger charge is -2.21. The van der Waals surface area contributed by atoms with Crippen molar-refractivity contribution in [2.24, 2.45) is 5.92 Å². The normalized spacial score (nSPS) is 16.9. The van der Waals surface area contributed by atoms with Crippen molar-refractivity contribution in [3.05, 3.63) is 22.2 Å². The molecule has 2 aromatic heterocycles. The van der Waals surface area contributed by atoms with Crippen LogP contribution < -0.4 is 5.32 Å². The van der Waals surface area contributed by atoms with Gasteiger partial charge in [0, 0.05) is 17.4 Å². The van der Waals surface area contributed by atoms with Gasteiger partial charge in [-0.15, -0.1) is 0 Å². The maximum absolute atomic E-state index is 5.36. The van der Waals surface area contributed by atoms with Gasteiger partial charge >= 0.3 is 0 Å². The second-order valence-electron chi connectivity index (χ2n) is 5.21. The fraction of sp³-hybridized carbons (Fsp3) is 0.571. The predicted octanol–water partition coefficient (Wildman–Crippen LogP) is 3.04. The predicted molar refractivity (Wildman–Crippen MR) is 76.3 cm³/mol. The molecule has 0 amide bonds. The summed E-state index contributed by atoms with van der Waals surface area (Å²) in [6.45, 7) is 4.37. The molecule has 1 aliphatic heterocycles.